The molecule has 0 aromatic heterocycles. The molecule has 8 rings (SSSR count). The highest BCUT2D eigenvalue weighted by Gasteiger charge is 2.19. The number of hydrogen-bond donors (Lipinski definition) is 7. The highest BCUT2D eigenvalue weighted by atomic mass is 32.2. The van der Waals surface area contributed by atoms with Crippen LogP contribution in [0.3, 0.4) is 0 Å². The van der Waals surface area contributed by atoms with Crippen LogP contribution < -0.4 is 21.3 Å². The van der Waals surface area contributed by atoms with Crippen LogP contribution in [-0.4, -0.2) is 62.5 Å². The lowest BCUT2D eigenvalue weighted by molar-refractivity contribution is 0.101. The Morgan fingerprint density at radius 2 is 0.449 bits per heavy atom. The molecule has 0 fully saturated rings. The number of nitrogens with one attached hydrogen (secondary N) is 4. The minimum Gasteiger partial charge on any atom is -0.322 e. The number of nitrogens with zero attached hydrogens (tertiary/aromatic N) is 6. The maximum absolute atomic E-state index is 13.9. The van der Waals surface area contributed by atoms with E-state index in [2.05, 4.69) is 52.0 Å². The van der Waals surface area contributed by atoms with Crippen molar-refractivity contribution in [2.75, 3.05) is 21.3 Å². The van der Waals surface area contributed by atoms with E-state index < -0.39 is 54.0 Å². The van der Waals surface area contributed by atoms with E-state index in [-0.39, 0.29) is 42.6 Å². The summed E-state index contributed by atoms with van der Waals surface area (Å²) in [5.41, 5.74) is 3.36. The lowest BCUT2D eigenvalue weighted by Crippen LogP contribution is -2.19. The molecule has 0 aliphatic rings. The molecule has 0 saturated heterocycles. The predicted octanol–water partition coefficient (Wildman–Crippen LogP) is 11.7. The molecule has 392 valence electrons. The largest absolute Gasteiger partial charge is 0.322 e. The molecular weight excluding hydrogens is 1070 g/mol. The Labute approximate surface area is 443 Å². The maximum Gasteiger partial charge on any atom is 0.294 e. The second-order valence-corrected chi connectivity index (χ2v) is 20.6. The quantitative estimate of drug-likeness (QED) is 0.0330. The fourth-order valence-electron chi connectivity index (χ4n) is 6.77. The SMILES string of the molecule is O=C(Nc1ccc(N=Nc2ccc(S(=O)(=O)O)cc2)cc1)c1ccc(NC(=O)c2cc(C(=O)Nc3ccc(N=Nc4ccc(S(=O)(=O)O)cc4)cc3)cc(C(=O)Nc3ccc(N=Nc4ccc(S(=O)(=O)O)cc4)cc3)c2)cc1. The van der Waals surface area contributed by atoms with Crippen LogP contribution in [0.4, 0.5) is 56.9 Å². The minimum absolute atomic E-state index is 0.0820. The number of amides is 4. The highest BCUT2D eigenvalue weighted by molar-refractivity contribution is 7.86. The summed E-state index contributed by atoms with van der Waals surface area (Å²) in [6.07, 6.45) is 0. The summed E-state index contributed by atoms with van der Waals surface area (Å²) in [7, 11) is -13.1. The zero-order valence-electron chi connectivity index (χ0n) is 39.7. The van der Waals surface area contributed by atoms with Gasteiger partial charge in [-0.1, -0.05) is 0 Å². The molecule has 26 heteroatoms. The summed E-state index contributed by atoms with van der Waals surface area (Å²) in [6.45, 7) is 0. The standard InChI is InChI=1S/C52H38N10O13S3/c63-49(53-37-5-11-40(12-6-37)57-60-43-17-23-46(24-18-43)76(67,68)69)32-1-3-36(4-2-32)54-50(64)33-29-34(51(65)55-38-7-13-41(14-8-38)58-61-44-19-25-47(26-20-44)77(70,71)72)31-35(30-33)52(66)56-39-9-15-42(16-10-39)59-62-45-21-27-48(28-22-45)78(73,74)75/h1-31H,(H,53,63)(H,54,64)(H,55,65)(H,56,66)(H,67,68,69)(H,70,71,72)(H,73,74,75). The van der Waals surface area contributed by atoms with E-state index in [4.69, 9.17) is 4.55 Å². The van der Waals surface area contributed by atoms with Gasteiger partial charge in [0.2, 0.25) is 0 Å². The van der Waals surface area contributed by atoms with Crippen molar-refractivity contribution < 1.29 is 58.1 Å². The molecule has 4 amide bonds. The van der Waals surface area contributed by atoms with E-state index in [1.54, 1.807) is 24.3 Å². The van der Waals surface area contributed by atoms with Gasteiger partial charge in [0.25, 0.3) is 54.0 Å². The van der Waals surface area contributed by atoms with E-state index in [0.717, 1.165) is 0 Å². The van der Waals surface area contributed by atoms with Gasteiger partial charge in [0, 0.05) is 45.0 Å². The summed E-state index contributed by atoms with van der Waals surface area (Å²) < 4.78 is 95.5. The Morgan fingerprint density at radius 1 is 0.269 bits per heavy atom. The molecule has 8 aromatic carbocycles. The van der Waals surface area contributed by atoms with E-state index in [1.807, 2.05) is 0 Å². The first-order valence-corrected chi connectivity index (χ1v) is 26.7. The van der Waals surface area contributed by atoms with Crippen molar-refractivity contribution in [2.24, 2.45) is 30.7 Å². The molecule has 7 N–H and O–H groups in total. The van der Waals surface area contributed by atoms with Crippen LogP contribution in [0, 0.1) is 0 Å². The number of hydrogen-bond acceptors (Lipinski definition) is 16. The van der Waals surface area contributed by atoms with E-state index in [9.17, 15) is 53.5 Å². The molecule has 0 saturated carbocycles. The molecule has 0 aliphatic carbocycles. The third-order valence-electron chi connectivity index (χ3n) is 10.7. The van der Waals surface area contributed by atoms with E-state index in [0.29, 0.717) is 51.2 Å². The zero-order chi connectivity index (χ0) is 55.6. The summed E-state index contributed by atoms with van der Waals surface area (Å²) in [5, 5.41) is 35.3. The van der Waals surface area contributed by atoms with Crippen LogP contribution in [0.2, 0.25) is 0 Å². The smallest absolute Gasteiger partial charge is 0.294 e. The number of azo groups is 3. The average molecular weight is 1110 g/mol. The average Bonchev–Trinajstić information content (AvgIpc) is 3.42. The summed E-state index contributed by atoms with van der Waals surface area (Å²) in [4.78, 5) is 53.7. The van der Waals surface area contributed by atoms with Gasteiger partial charge in [-0.05, 0) is 188 Å². The van der Waals surface area contributed by atoms with Gasteiger partial charge in [0.15, 0.2) is 0 Å². The maximum atomic E-state index is 13.9. The van der Waals surface area contributed by atoms with Crippen molar-refractivity contribution in [3.8, 4) is 0 Å². The van der Waals surface area contributed by atoms with E-state index in [1.165, 1.54) is 164 Å². The van der Waals surface area contributed by atoms with Crippen LogP contribution in [-0.2, 0) is 30.4 Å². The molecule has 0 atom stereocenters. The predicted molar refractivity (Wildman–Crippen MR) is 285 cm³/mol. The van der Waals surface area contributed by atoms with Crippen molar-refractivity contribution in [1.82, 2.24) is 0 Å². The Hall–Kier alpha value is -9.83. The summed E-state index contributed by atoms with van der Waals surface area (Å²) in [6, 6.07) is 43.5. The zero-order valence-corrected chi connectivity index (χ0v) is 42.2. The Kier molecular flexibility index (Phi) is 16.3. The van der Waals surface area contributed by atoms with Crippen LogP contribution in [0.1, 0.15) is 41.4 Å². The molecule has 8 aromatic rings. The van der Waals surface area contributed by atoms with Crippen LogP contribution in [0.25, 0.3) is 0 Å². The monoisotopic (exact) mass is 1110 g/mol. The second kappa shape index (κ2) is 23.4. The lowest BCUT2D eigenvalue weighted by Gasteiger charge is -2.12. The molecular formula is C52H38N10O13S3. The van der Waals surface area contributed by atoms with Crippen molar-refractivity contribution in [1.29, 1.82) is 0 Å². The number of benzene rings is 8. The normalized spacial score (nSPS) is 11.9. The Balaban J connectivity index is 0.946. The van der Waals surface area contributed by atoms with Gasteiger partial charge in [-0.2, -0.15) is 55.9 Å². The molecule has 0 unspecified atom stereocenters. The van der Waals surface area contributed by atoms with Crippen LogP contribution in [0.5, 0.6) is 0 Å². The van der Waals surface area contributed by atoms with Gasteiger partial charge in [0.1, 0.15) is 0 Å². The summed E-state index contributed by atoms with van der Waals surface area (Å²) in [5.74, 6) is -2.59. The van der Waals surface area contributed by atoms with Crippen molar-refractivity contribution in [3.05, 3.63) is 210 Å². The molecule has 0 radical (unpaired) electrons. The third-order valence-corrected chi connectivity index (χ3v) is 13.4. The first-order valence-electron chi connectivity index (χ1n) is 22.4. The topological polar surface area (TPSA) is 354 Å². The number of rotatable bonds is 17. The number of carbonyl (C=O) groups excluding carboxylic acids is 4. The molecule has 0 heterocycles. The van der Waals surface area contributed by atoms with Gasteiger partial charge in [-0.3, -0.25) is 32.8 Å². The lowest BCUT2D eigenvalue weighted by atomic mass is 10.0. The fraction of sp³-hybridized carbons (Fsp3) is 0. The fourth-order valence-corrected chi connectivity index (χ4v) is 8.21. The van der Waals surface area contributed by atoms with Crippen molar-refractivity contribution >= 4 is 111 Å². The summed E-state index contributed by atoms with van der Waals surface area (Å²) >= 11 is 0. The number of anilines is 4. The molecule has 0 bridgehead atoms. The second-order valence-electron chi connectivity index (χ2n) is 16.3. The van der Waals surface area contributed by atoms with Crippen LogP contribution in [0.15, 0.2) is 233 Å². The van der Waals surface area contributed by atoms with Crippen molar-refractivity contribution in [3.63, 3.8) is 0 Å². The highest BCUT2D eigenvalue weighted by Crippen LogP contribution is 2.27. The molecule has 0 aliphatic heterocycles. The van der Waals surface area contributed by atoms with Gasteiger partial charge in [0.05, 0.1) is 48.8 Å². The molecule has 78 heavy (non-hydrogen) atoms. The third kappa shape index (κ3) is 14.9. The Morgan fingerprint density at radius 3 is 0.654 bits per heavy atom. The minimum atomic E-state index is -4.39. The van der Waals surface area contributed by atoms with Gasteiger partial charge in [-0.25, -0.2) is 0 Å². The first-order chi connectivity index (χ1) is 37.1. The molecule has 0 spiro atoms. The van der Waals surface area contributed by atoms with Crippen LogP contribution >= 0.6 is 0 Å². The van der Waals surface area contributed by atoms with Gasteiger partial charge >= 0.3 is 0 Å². The van der Waals surface area contributed by atoms with Crippen molar-refractivity contribution in [2.45, 2.75) is 14.7 Å². The first kappa shape index (κ1) is 54.4. The van der Waals surface area contributed by atoms with E-state index >= 15 is 0 Å². The molecule has 23 nitrogen and oxygen atoms in total. The Bertz CT molecular complexity index is 3860. The van der Waals surface area contributed by atoms with Gasteiger partial charge in [-0.15, -0.1) is 0 Å². The number of carbonyl (C=O) groups is 4. The van der Waals surface area contributed by atoms with Gasteiger partial charge < -0.3 is 21.3 Å².